The number of hydrogen-bond acceptors (Lipinski definition) is 7. The summed E-state index contributed by atoms with van der Waals surface area (Å²) in [4.78, 5) is 29.9. The lowest BCUT2D eigenvalue weighted by molar-refractivity contribution is -0.151. The zero-order valence-corrected chi connectivity index (χ0v) is 23.1. The van der Waals surface area contributed by atoms with E-state index in [0.29, 0.717) is 18.9 Å². The molecule has 1 fully saturated rings. The van der Waals surface area contributed by atoms with Crippen LogP contribution in [0.2, 0.25) is 0 Å². The number of nitrogens with zero attached hydrogens (tertiary/aromatic N) is 2. The van der Waals surface area contributed by atoms with Crippen LogP contribution in [0.15, 0.2) is 42.5 Å². The van der Waals surface area contributed by atoms with Gasteiger partial charge in [0.05, 0.1) is 6.54 Å². The largest absolute Gasteiger partial charge is 0.508 e. The summed E-state index contributed by atoms with van der Waals surface area (Å²) in [6, 6.07) is 11.7. The Kier molecular flexibility index (Phi) is 7.93. The lowest BCUT2D eigenvalue weighted by Gasteiger charge is -2.45. The number of ether oxygens (including phenoxy) is 2. The van der Waals surface area contributed by atoms with Crippen molar-refractivity contribution in [3.8, 4) is 11.5 Å². The highest BCUT2D eigenvalue weighted by atomic mass is 16.6. The van der Waals surface area contributed by atoms with E-state index in [9.17, 15) is 19.8 Å². The van der Waals surface area contributed by atoms with Crippen molar-refractivity contribution in [1.82, 2.24) is 9.80 Å². The van der Waals surface area contributed by atoms with Crippen LogP contribution in [-0.2, 0) is 32.6 Å². The van der Waals surface area contributed by atoms with E-state index < -0.39 is 23.7 Å². The molecule has 0 bridgehead atoms. The molecule has 0 aromatic heterocycles. The standard InChI is InChI=1S/C30H40N2O6/c1-20-18-31(12-11-30(20,5)23-7-6-8-24(33)17-23)13-14-37-27(35)26-16-21-9-10-25(34)15-22(21)19-32(26)28(36)38-29(2,3)4/h6-10,15,17,20,26,33-34H,11-14,16,18-19H2,1-5H3/t20-,26+,30+/m0/s1. The van der Waals surface area contributed by atoms with Crippen LogP contribution in [0.5, 0.6) is 11.5 Å². The predicted octanol–water partition coefficient (Wildman–Crippen LogP) is 4.60. The summed E-state index contributed by atoms with van der Waals surface area (Å²) in [5.41, 5.74) is 2.09. The number of carbonyl (C=O) groups excluding carboxylic acids is 2. The van der Waals surface area contributed by atoms with Crippen molar-refractivity contribution in [2.45, 2.75) is 71.1 Å². The molecule has 2 aliphatic rings. The van der Waals surface area contributed by atoms with Gasteiger partial charge in [-0.1, -0.05) is 32.0 Å². The van der Waals surface area contributed by atoms with E-state index in [2.05, 4.69) is 24.8 Å². The van der Waals surface area contributed by atoms with Crippen LogP contribution in [0.3, 0.4) is 0 Å². The second-order valence-corrected chi connectivity index (χ2v) is 11.9. The molecule has 0 unspecified atom stereocenters. The maximum atomic E-state index is 13.2. The van der Waals surface area contributed by atoms with Crippen LogP contribution >= 0.6 is 0 Å². The van der Waals surface area contributed by atoms with Gasteiger partial charge in [0.25, 0.3) is 0 Å². The lowest BCUT2D eigenvalue weighted by Crippen LogP contribution is -2.51. The van der Waals surface area contributed by atoms with Gasteiger partial charge in [-0.15, -0.1) is 0 Å². The minimum atomic E-state index is -0.795. The maximum Gasteiger partial charge on any atom is 0.411 e. The number of likely N-dealkylation sites (tertiary alicyclic amines) is 1. The number of hydrogen-bond donors (Lipinski definition) is 2. The van der Waals surface area contributed by atoms with Crippen molar-refractivity contribution in [1.29, 1.82) is 0 Å². The minimum absolute atomic E-state index is 0.0379. The van der Waals surface area contributed by atoms with Gasteiger partial charge in [-0.25, -0.2) is 9.59 Å². The molecule has 0 aliphatic carbocycles. The molecule has 2 aromatic carbocycles. The van der Waals surface area contributed by atoms with Crippen molar-refractivity contribution in [2.75, 3.05) is 26.2 Å². The number of amides is 1. The monoisotopic (exact) mass is 524 g/mol. The van der Waals surface area contributed by atoms with Crippen LogP contribution in [0.25, 0.3) is 0 Å². The van der Waals surface area contributed by atoms with Gasteiger partial charge in [0.2, 0.25) is 0 Å². The molecule has 8 heteroatoms. The summed E-state index contributed by atoms with van der Waals surface area (Å²) in [7, 11) is 0. The summed E-state index contributed by atoms with van der Waals surface area (Å²) >= 11 is 0. The van der Waals surface area contributed by atoms with Crippen LogP contribution < -0.4 is 0 Å². The first kappa shape index (κ1) is 27.8. The van der Waals surface area contributed by atoms with Crippen molar-refractivity contribution in [3.63, 3.8) is 0 Å². The molecule has 2 N–H and O–H groups in total. The number of aromatic hydroxyl groups is 2. The molecule has 2 aromatic rings. The topological polar surface area (TPSA) is 99.5 Å². The lowest BCUT2D eigenvalue weighted by atomic mass is 9.68. The number of rotatable bonds is 5. The fourth-order valence-corrected chi connectivity index (χ4v) is 5.48. The quantitative estimate of drug-likeness (QED) is 0.552. The molecule has 0 spiro atoms. The van der Waals surface area contributed by atoms with Gasteiger partial charge >= 0.3 is 12.1 Å². The van der Waals surface area contributed by atoms with Crippen molar-refractivity contribution < 1.29 is 29.3 Å². The molecular formula is C30H40N2O6. The van der Waals surface area contributed by atoms with Crippen LogP contribution in [-0.4, -0.2) is 70.0 Å². The molecule has 3 atom stereocenters. The molecule has 2 aliphatic heterocycles. The highest BCUT2D eigenvalue weighted by molar-refractivity contribution is 5.82. The Bertz CT molecular complexity index is 1180. The van der Waals surface area contributed by atoms with E-state index in [1.807, 2.05) is 12.1 Å². The highest BCUT2D eigenvalue weighted by Gasteiger charge is 2.40. The van der Waals surface area contributed by atoms with E-state index in [1.54, 1.807) is 45.0 Å². The normalized spacial score (nSPS) is 24.0. The summed E-state index contributed by atoms with van der Waals surface area (Å²) < 4.78 is 11.3. The van der Waals surface area contributed by atoms with E-state index in [0.717, 1.165) is 36.2 Å². The first-order valence-corrected chi connectivity index (χ1v) is 13.3. The third-order valence-corrected chi connectivity index (χ3v) is 7.94. The Labute approximate surface area is 225 Å². The smallest absolute Gasteiger partial charge is 0.411 e. The Hall–Kier alpha value is -3.26. The van der Waals surface area contributed by atoms with Crippen LogP contribution in [0.4, 0.5) is 4.79 Å². The summed E-state index contributed by atoms with van der Waals surface area (Å²) in [5.74, 6) is 0.296. The van der Waals surface area contributed by atoms with Gasteiger partial charge < -0.3 is 19.7 Å². The Morgan fingerprint density at radius 2 is 1.82 bits per heavy atom. The van der Waals surface area contributed by atoms with Crippen molar-refractivity contribution >= 4 is 12.1 Å². The van der Waals surface area contributed by atoms with Gasteiger partial charge in [-0.2, -0.15) is 0 Å². The number of benzene rings is 2. The molecule has 206 valence electrons. The molecular weight excluding hydrogens is 484 g/mol. The second-order valence-electron chi connectivity index (χ2n) is 11.9. The molecule has 2 heterocycles. The summed E-state index contributed by atoms with van der Waals surface area (Å²) in [6.45, 7) is 12.5. The third-order valence-electron chi connectivity index (χ3n) is 7.94. The van der Waals surface area contributed by atoms with Gasteiger partial charge in [-0.05, 0) is 86.0 Å². The molecule has 0 saturated carbocycles. The van der Waals surface area contributed by atoms with Gasteiger partial charge in [0.15, 0.2) is 0 Å². The first-order valence-electron chi connectivity index (χ1n) is 13.3. The number of phenolic OH excluding ortho intramolecular Hbond substituents is 2. The second kappa shape index (κ2) is 10.8. The molecule has 38 heavy (non-hydrogen) atoms. The predicted molar refractivity (Wildman–Crippen MR) is 144 cm³/mol. The highest BCUT2D eigenvalue weighted by Crippen LogP contribution is 2.40. The fourth-order valence-electron chi connectivity index (χ4n) is 5.48. The van der Waals surface area contributed by atoms with Crippen molar-refractivity contribution in [2.24, 2.45) is 5.92 Å². The number of esters is 1. The van der Waals surface area contributed by atoms with Crippen LogP contribution in [0.1, 0.15) is 57.7 Å². The molecule has 4 rings (SSSR count). The number of phenols is 2. The van der Waals surface area contributed by atoms with Crippen molar-refractivity contribution in [3.05, 3.63) is 59.2 Å². The molecule has 0 radical (unpaired) electrons. The summed E-state index contributed by atoms with van der Waals surface area (Å²) in [5, 5.41) is 19.8. The zero-order valence-electron chi connectivity index (χ0n) is 23.1. The number of fused-ring (bicyclic) bond motifs is 1. The Morgan fingerprint density at radius 3 is 2.50 bits per heavy atom. The first-order chi connectivity index (χ1) is 17.9. The average Bonchev–Trinajstić information content (AvgIpc) is 2.84. The SMILES string of the molecule is C[C@H]1CN(CCOC(=O)[C@H]2Cc3ccc(O)cc3CN2C(=O)OC(C)(C)C)CC[C@@]1(C)c1cccc(O)c1. The molecule has 1 saturated heterocycles. The average molecular weight is 525 g/mol. The minimum Gasteiger partial charge on any atom is -0.508 e. The van der Waals surface area contributed by atoms with E-state index in [1.165, 1.54) is 4.90 Å². The van der Waals surface area contributed by atoms with Gasteiger partial charge in [-0.3, -0.25) is 9.80 Å². The third kappa shape index (κ3) is 6.23. The van der Waals surface area contributed by atoms with E-state index >= 15 is 0 Å². The number of carbonyl (C=O) groups is 2. The molecule has 8 nitrogen and oxygen atoms in total. The van der Waals surface area contributed by atoms with Gasteiger partial charge in [0, 0.05) is 19.5 Å². The van der Waals surface area contributed by atoms with E-state index in [4.69, 9.17) is 9.47 Å². The summed E-state index contributed by atoms with van der Waals surface area (Å²) in [6.07, 6.45) is 0.658. The van der Waals surface area contributed by atoms with Gasteiger partial charge in [0.1, 0.15) is 29.7 Å². The maximum absolute atomic E-state index is 13.2. The van der Waals surface area contributed by atoms with Crippen LogP contribution in [0, 0.1) is 5.92 Å². The zero-order chi connectivity index (χ0) is 27.7. The Morgan fingerprint density at radius 1 is 1.08 bits per heavy atom. The Balaban J connectivity index is 1.37. The number of piperidine rings is 1. The fraction of sp³-hybridized carbons (Fsp3) is 0.533. The van der Waals surface area contributed by atoms with E-state index in [-0.39, 0.29) is 30.1 Å². The molecule has 1 amide bonds.